The van der Waals surface area contributed by atoms with Crippen LogP contribution in [-0.4, -0.2) is 12.1 Å². The molecule has 2 aliphatic rings. The normalized spacial score (nSPS) is 24.4. The molecule has 2 aliphatic carbocycles. The maximum atomic E-state index is 11.9. The first-order valence-electron chi connectivity index (χ1n) is 7.23. The van der Waals surface area contributed by atoms with Crippen LogP contribution in [0.2, 0.25) is 0 Å². The van der Waals surface area contributed by atoms with Gasteiger partial charge in [0.1, 0.15) is 0 Å². The van der Waals surface area contributed by atoms with Crippen LogP contribution < -0.4 is 10.6 Å². The van der Waals surface area contributed by atoms with Crippen LogP contribution in [0.3, 0.4) is 0 Å². The van der Waals surface area contributed by atoms with E-state index in [1.807, 2.05) is 0 Å². The molecule has 2 N–H and O–H groups in total. The topological polar surface area (TPSA) is 41.1 Å². The molecule has 0 saturated heterocycles. The van der Waals surface area contributed by atoms with E-state index in [1.165, 1.54) is 11.1 Å². The molecule has 1 aromatic carbocycles. The standard InChI is InChI=1S/C16H22N2O/c1-16(2)10-9-14(12-5-3-4-6-13(12)16)18-15(19)17-11-7-8-11/h3-6,11,14H,7-10H2,1-2H3,(H2,17,18,19)/t14-/m1/s1. The predicted octanol–water partition coefficient (Wildman–Crippen LogP) is 3.26. The van der Waals surface area contributed by atoms with E-state index in [4.69, 9.17) is 0 Å². The second kappa shape index (κ2) is 4.55. The molecular formula is C16H22N2O. The zero-order valence-corrected chi connectivity index (χ0v) is 11.7. The zero-order chi connectivity index (χ0) is 13.5. The molecule has 0 spiro atoms. The Morgan fingerprint density at radius 1 is 1.16 bits per heavy atom. The SMILES string of the molecule is CC1(C)CC[C@@H](NC(=O)NC2CC2)c2ccccc21. The third kappa shape index (κ3) is 2.60. The molecule has 2 amide bonds. The third-order valence-corrected chi connectivity index (χ3v) is 4.34. The number of hydrogen-bond donors (Lipinski definition) is 2. The predicted molar refractivity (Wildman–Crippen MR) is 76.1 cm³/mol. The Kier molecular flexibility index (Phi) is 3.00. The smallest absolute Gasteiger partial charge is 0.315 e. The molecule has 1 saturated carbocycles. The van der Waals surface area contributed by atoms with Crippen molar-refractivity contribution in [1.29, 1.82) is 0 Å². The summed E-state index contributed by atoms with van der Waals surface area (Å²) in [5, 5.41) is 6.14. The average molecular weight is 258 g/mol. The minimum absolute atomic E-state index is 0.0120. The summed E-state index contributed by atoms with van der Waals surface area (Å²) in [5.74, 6) is 0. The van der Waals surface area contributed by atoms with Gasteiger partial charge in [0.25, 0.3) is 0 Å². The van der Waals surface area contributed by atoms with Gasteiger partial charge >= 0.3 is 6.03 Å². The third-order valence-electron chi connectivity index (χ3n) is 4.34. The van der Waals surface area contributed by atoms with Crippen LogP contribution in [0.15, 0.2) is 24.3 Å². The van der Waals surface area contributed by atoms with Crippen molar-refractivity contribution in [2.75, 3.05) is 0 Å². The van der Waals surface area contributed by atoms with Gasteiger partial charge in [0, 0.05) is 6.04 Å². The number of rotatable bonds is 2. The molecule has 0 aliphatic heterocycles. The van der Waals surface area contributed by atoms with Gasteiger partial charge in [0.15, 0.2) is 0 Å². The van der Waals surface area contributed by atoms with Gasteiger partial charge in [-0.3, -0.25) is 0 Å². The number of hydrogen-bond acceptors (Lipinski definition) is 1. The van der Waals surface area contributed by atoms with Crippen molar-refractivity contribution < 1.29 is 4.79 Å². The lowest BCUT2D eigenvalue weighted by molar-refractivity contribution is 0.233. The second-order valence-electron chi connectivity index (χ2n) is 6.45. The highest BCUT2D eigenvalue weighted by atomic mass is 16.2. The van der Waals surface area contributed by atoms with E-state index in [0.717, 1.165) is 25.7 Å². The Morgan fingerprint density at radius 2 is 1.89 bits per heavy atom. The van der Waals surface area contributed by atoms with Crippen LogP contribution in [0.5, 0.6) is 0 Å². The first-order chi connectivity index (χ1) is 9.06. The number of benzene rings is 1. The van der Waals surface area contributed by atoms with Gasteiger partial charge in [-0.1, -0.05) is 38.1 Å². The molecule has 0 bridgehead atoms. The molecule has 3 heteroatoms. The van der Waals surface area contributed by atoms with Crippen LogP contribution in [0.25, 0.3) is 0 Å². The van der Waals surface area contributed by atoms with E-state index in [9.17, 15) is 4.79 Å². The molecule has 0 aromatic heterocycles. The number of fused-ring (bicyclic) bond motifs is 1. The van der Waals surface area contributed by atoms with Crippen molar-refractivity contribution in [2.45, 2.75) is 57.0 Å². The second-order valence-corrected chi connectivity index (χ2v) is 6.45. The van der Waals surface area contributed by atoms with Gasteiger partial charge < -0.3 is 10.6 Å². The van der Waals surface area contributed by atoms with Gasteiger partial charge in [0.2, 0.25) is 0 Å². The summed E-state index contributed by atoms with van der Waals surface area (Å²) in [7, 11) is 0. The lowest BCUT2D eigenvalue weighted by Gasteiger charge is -2.37. The zero-order valence-electron chi connectivity index (χ0n) is 11.7. The minimum atomic E-state index is -0.0120. The van der Waals surface area contributed by atoms with E-state index < -0.39 is 0 Å². The van der Waals surface area contributed by atoms with Crippen LogP contribution in [0, 0.1) is 0 Å². The van der Waals surface area contributed by atoms with E-state index in [0.29, 0.717) is 6.04 Å². The minimum Gasteiger partial charge on any atom is -0.335 e. The quantitative estimate of drug-likeness (QED) is 0.840. The van der Waals surface area contributed by atoms with Crippen molar-refractivity contribution in [3.63, 3.8) is 0 Å². The highest BCUT2D eigenvalue weighted by Crippen LogP contribution is 2.41. The largest absolute Gasteiger partial charge is 0.335 e. The molecule has 0 heterocycles. The molecule has 19 heavy (non-hydrogen) atoms. The molecule has 1 aromatic rings. The number of nitrogens with one attached hydrogen (secondary N) is 2. The highest BCUT2D eigenvalue weighted by Gasteiger charge is 2.33. The Balaban J connectivity index is 1.77. The summed E-state index contributed by atoms with van der Waals surface area (Å²) in [6, 6.07) is 9.06. The van der Waals surface area contributed by atoms with Crippen molar-refractivity contribution in [3.8, 4) is 0 Å². The molecule has 3 nitrogen and oxygen atoms in total. The fourth-order valence-corrected chi connectivity index (χ4v) is 2.98. The van der Waals surface area contributed by atoms with Crippen LogP contribution in [-0.2, 0) is 5.41 Å². The first kappa shape index (κ1) is 12.5. The van der Waals surface area contributed by atoms with E-state index in [1.54, 1.807) is 0 Å². The summed E-state index contributed by atoms with van der Waals surface area (Å²) in [6.45, 7) is 4.57. The van der Waals surface area contributed by atoms with Gasteiger partial charge in [-0.2, -0.15) is 0 Å². The van der Waals surface area contributed by atoms with Gasteiger partial charge in [-0.25, -0.2) is 4.79 Å². The molecule has 1 atom stereocenters. The van der Waals surface area contributed by atoms with Gasteiger partial charge in [-0.15, -0.1) is 0 Å². The van der Waals surface area contributed by atoms with Gasteiger partial charge in [0.05, 0.1) is 6.04 Å². The summed E-state index contributed by atoms with van der Waals surface area (Å²) >= 11 is 0. The average Bonchev–Trinajstić information content (AvgIpc) is 3.17. The molecule has 102 valence electrons. The Morgan fingerprint density at radius 3 is 2.63 bits per heavy atom. The monoisotopic (exact) mass is 258 g/mol. The fraction of sp³-hybridized carbons (Fsp3) is 0.562. The van der Waals surface area contributed by atoms with Crippen LogP contribution in [0.1, 0.15) is 56.7 Å². The van der Waals surface area contributed by atoms with Crippen molar-refractivity contribution in [1.82, 2.24) is 10.6 Å². The molecule has 0 radical (unpaired) electrons. The van der Waals surface area contributed by atoms with Crippen molar-refractivity contribution in [2.24, 2.45) is 0 Å². The number of carbonyl (C=O) groups is 1. The lowest BCUT2D eigenvalue weighted by atomic mass is 9.71. The van der Waals surface area contributed by atoms with Crippen LogP contribution in [0.4, 0.5) is 4.79 Å². The molecular weight excluding hydrogens is 236 g/mol. The van der Waals surface area contributed by atoms with Crippen molar-refractivity contribution in [3.05, 3.63) is 35.4 Å². The van der Waals surface area contributed by atoms with E-state index >= 15 is 0 Å². The van der Waals surface area contributed by atoms with Crippen molar-refractivity contribution >= 4 is 6.03 Å². The highest BCUT2D eigenvalue weighted by molar-refractivity contribution is 5.75. The van der Waals surface area contributed by atoms with Gasteiger partial charge in [-0.05, 0) is 42.2 Å². The maximum absolute atomic E-state index is 11.9. The molecule has 0 unspecified atom stereocenters. The summed E-state index contributed by atoms with van der Waals surface area (Å²) in [4.78, 5) is 11.9. The first-order valence-corrected chi connectivity index (χ1v) is 7.23. The molecule has 1 fully saturated rings. The summed E-state index contributed by atoms with van der Waals surface area (Å²) in [6.07, 6.45) is 4.38. The Labute approximate surface area is 114 Å². The summed E-state index contributed by atoms with van der Waals surface area (Å²) in [5.41, 5.74) is 2.87. The number of urea groups is 1. The lowest BCUT2D eigenvalue weighted by Crippen LogP contribution is -2.41. The van der Waals surface area contributed by atoms with E-state index in [-0.39, 0.29) is 17.5 Å². The van der Waals surface area contributed by atoms with Crippen LogP contribution >= 0.6 is 0 Å². The maximum Gasteiger partial charge on any atom is 0.315 e. The number of amides is 2. The van der Waals surface area contributed by atoms with E-state index in [2.05, 4.69) is 48.7 Å². The Hall–Kier alpha value is -1.51. The summed E-state index contributed by atoms with van der Waals surface area (Å²) < 4.78 is 0. The number of carbonyl (C=O) groups excluding carboxylic acids is 1. The fourth-order valence-electron chi connectivity index (χ4n) is 2.98. The Bertz CT molecular complexity index is 491. The molecule has 3 rings (SSSR count).